The summed E-state index contributed by atoms with van der Waals surface area (Å²) in [5.74, 6) is -0.0167. The molecular weight excluding hydrogens is 476 g/mol. The van der Waals surface area contributed by atoms with Gasteiger partial charge in [-0.15, -0.1) is 0 Å². The van der Waals surface area contributed by atoms with Crippen LogP contribution in [-0.4, -0.2) is 30.4 Å². The van der Waals surface area contributed by atoms with Crippen LogP contribution in [0.2, 0.25) is 5.02 Å². The van der Waals surface area contributed by atoms with Gasteiger partial charge in [-0.05, 0) is 59.1 Å². The van der Waals surface area contributed by atoms with E-state index in [1.54, 1.807) is 36.4 Å². The molecule has 1 heterocycles. The van der Waals surface area contributed by atoms with E-state index < -0.39 is 5.97 Å². The highest BCUT2D eigenvalue weighted by Crippen LogP contribution is 2.33. The number of fused-ring (bicyclic) bond motifs is 1. The fourth-order valence-corrected chi connectivity index (χ4v) is 4.03. The van der Waals surface area contributed by atoms with Crippen molar-refractivity contribution in [1.82, 2.24) is 0 Å². The minimum Gasteiger partial charge on any atom is -0.490 e. The van der Waals surface area contributed by atoms with E-state index in [0.717, 1.165) is 0 Å². The van der Waals surface area contributed by atoms with Crippen LogP contribution in [0.25, 0.3) is 22.3 Å². The average Bonchev–Trinajstić information content (AvgIpc) is 2.67. The van der Waals surface area contributed by atoms with Crippen molar-refractivity contribution in [3.05, 3.63) is 62.2 Å². The van der Waals surface area contributed by atoms with E-state index >= 15 is 0 Å². The molecule has 6 nitrogen and oxygen atoms in total. The Bertz CT molecular complexity index is 1150. The molecule has 1 N–H and O–H groups in total. The van der Waals surface area contributed by atoms with Crippen LogP contribution < -0.4 is 10.2 Å². The van der Waals surface area contributed by atoms with Crippen molar-refractivity contribution >= 4 is 44.5 Å². The Hall–Kier alpha value is -2.35. The molecule has 4 rings (SSSR count). The molecule has 0 amide bonds. The molecule has 2 aromatic carbocycles. The van der Waals surface area contributed by atoms with E-state index in [0.29, 0.717) is 63.6 Å². The zero-order chi connectivity index (χ0) is 21.3. The van der Waals surface area contributed by atoms with Crippen LogP contribution in [0.4, 0.5) is 0 Å². The van der Waals surface area contributed by atoms with E-state index in [1.807, 2.05) is 0 Å². The van der Waals surface area contributed by atoms with Crippen LogP contribution in [0.15, 0.2) is 56.1 Å². The van der Waals surface area contributed by atoms with Crippen LogP contribution in [0.3, 0.4) is 0 Å². The predicted octanol–water partition coefficient (Wildman–Crippen LogP) is 5.13. The molecule has 1 fully saturated rings. The molecule has 0 radical (unpaired) electrons. The highest BCUT2D eigenvalue weighted by atomic mass is 79.9. The van der Waals surface area contributed by atoms with Crippen molar-refractivity contribution in [2.45, 2.75) is 18.9 Å². The molecule has 30 heavy (non-hydrogen) atoms. The molecular formula is C22H18BrClO6. The largest absolute Gasteiger partial charge is 0.490 e. The molecule has 0 atom stereocenters. The first-order valence-electron chi connectivity index (χ1n) is 9.42. The number of halogens is 2. The number of aliphatic carboxylic acids is 1. The summed E-state index contributed by atoms with van der Waals surface area (Å²) < 4.78 is 17.9. The molecule has 1 aromatic heterocycles. The second-order valence-corrected chi connectivity index (χ2v) is 8.35. The molecule has 0 bridgehead atoms. The van der Waals surface area contributed by atoms with Gasteiger partial charge >= 0.3 is 5.97 Å². The fraction of sp³-hybridized carbons (Fsp3) is 0.273. The number of rotatable bonds is 7. The number of ether oxygens (including phenoxy) is 2. The van der Waals surface area contributed by atoms with Crippen molar-refractivity contribution in [1.29, 1.82) is 0 Å². The maximum absolute atomic E-state index is 12.4. The highest BCUT2D eigenvalue weighted by molar-refractivity contribution is 9.10. The Morgan fingerprint density at radius 1 is 1.20 bits per heavy atom. The predicted molar refractivity (Wildman–Crippen MR) is 116 cm³/mol. The number of carboxylic acid groups (broad SMARTS) is 1. The van der Waals surface area contributed by atoms with Crippen LogP contribution in [0, 0.1) is 5.92 Å². The number of benzene rings is 2. The SMILES string of the molecule is O=c1cc(-c2ccc(OCCO[C@H]3C[C@@H](C(=O)O)C3)c(Br)c2)oc2c(Cl)cccc12. The molecule has 1 aliphatic rings. The van der Waals surface area contributed by atoms with Crippen molar-refractivity contribution in [2.75, 3.05) is 13.2 Å². The first-order chi connectivity index (χ1) is 14.4. The maximum atomic E-state index is 12.4. The van der Waals surface area contributed by atoms with Crippen LogP contribution >= 0.6 is 27.5 Å². The zero-order valence-corrected chi connectivity index (χ0v) is 18.1. The molecule has 0 spiro atoms. The summed E-state index contributed by atoms with van der Waals surface area (Å²) in [7, 11) is 0. The third-order valence-corrected chi connectivity index (χ3v) is 5.98. The molecule has 0 aliphatic heterocycles. The smallest absolute Gasteiger partial charge is 0.306 e. The molecule has 1 aliphatic carbocycles. The Morgan fingerprint density at radius 3 is 2.73 bits per heavy atom. The standard InChI is InChI=1S/C22H18BrClO6/c23-16-10-12(20-11-18(25)15-2-1-3-17(24)21(15)30-20)4-5-19(16)29-7-6-28-14-8-13(9-14)22(26)27/h1-5,10-11,13-14H,6-9H2,(H,26,27)/t13-,14+. The monoisotopic (exact) mass is 492 g/mol. The lowest BCUT2D eigenvalue weighted by molar-refractivity contribution is -0.151. The summed E-state index contributed by atoms with van der Waals surface area (Å²) in [6.45, 7) is 0.718. The number of carbonyl (C=O) groups is 1. The third kappa shape index (κ3) is 4.38. The van der Waals surface area contributed by atoms with Crippen molar-refractivity contribution in [3.8, 4) is 17.1 Å². The second-order valence-electron chi connectivity index (χ2n) is 7.08. The maximum Gasteiger partial charge on any atom is 0.306 e. The van der Waals surface area contributed by atoms with E-state index in [9.17, 15) is 9.59 Å². The molecule has 0 unspecified atom stereocenters. The number of hydrogen-bond acceptors (Lipinski definition) is 5. The van der Waals surface area contributed by atoms with Gasteiger partial charge in [0.2, 0.25) is 0 Å². The molecule has 1 saturated carbocycles. The van der Waals surface area contributed by atoms with Crippen molar-refractivity contribution in [3.63, 3.8) is 0 Å². The summed E-state index contributed by atoms with van der Waals surface area (Å²) in [4.78, 5) is 23.2. The van der Waals surface area contributed by atoms with Crippen molar-refractivity contribution in [2.24, 2.45) is 5.92 Å². The quantitative estimate of drug-likeness (QED) is 0.459. The number of para-hydroxylation sites is 1. The first-order valence-corrected chi connectivity index (χ1v) is 10.6. The highest BCUT2D eigenvalue weighted by Gasteiger charge is 2.34. The van der Waals surface area contributed by atoms with Gasteiger partial charge in [-0.2, -0.15) is 0 Å². The number of hydrogen-bond donors (Lipinski definition) is 1. The Morgan fingerprint density at radius 2 is 2.00 bits per heavy atom. The minimum absolute atomic E-state index is 0.0110. The van der Waals surface area contributed by atoms with Crippen LogP contribution in [0.1, 0.15) is 12.8 Å². The summed E-state index contributed by atoms with van der Waals surface area (Å²) in [6, 6.07) is 11.9. The van der Waals surface area contributed by atoms with Crippen molar-refractivity contribution < 1.29 is 23.8 Å². The molecule has 8 heteroatoms. The molecule has 3 aromatic rings. The fourth-order valence-electron chi connectivity index (χ4n) is 3.33. The van der Waals surface area contributed by atoms with Gasteiger partial charge in [0.05, 0.1) is 33.5 Å². The summed E-state index contributed by atoms with van der Waals surface area (Å²) >= 11 is 9.65. The lowest BCUT2D eigenvalue weighted by atomic mass is 9.82. The summed E-state index contributed by atoms with van der Waals surface area (Å²) in [5, 5.41) is 9.69. The van der Waals surface area contributed by atoms with E-state index in [-0.39, 0.29) is 17.5 Å². The van der Waals surface area contributed by atoms with Gasteiger partial charge in [-0.1, -0.05) is 17.7 Å². The topological polar surface area (TPSA) is 86.0 Å². The van der Waals surface area contributed by atoms with Crippen LogP contribution in [-0.2, 0) is 9.53 Å². The lowest BCUT2D eigenvalue weighted by Crippen LogP contribution is -2.37. The van der Waals surface area contributed by atoms with Crippen LogP contribution in [0.5, 0.6) is 5.75 Å². The number of carboxylic acids is 1. The molecule has 156 valence electrons. The Balaban J connectivity index is 1.40. The van der Waals surface area contributed by atoms with E-state index in [2.05, 4.69) is 15.9 Å². The summed E-state index contributed by atoms with van der Waals surface area (Å²) in [5.41, 5.74) is 0.901. The van der Waals surface area contributed by atoms with E-state index in [1.165, 1.54) is 6.07 Å². The van der Waals surface area contributed by atoms with Gasteiger partial charge in [0.1, 0.15) is 18.1 Å². The zero-order valence-electron chi connectivity index (χ0n) is 15.8. The van der Waals surface area contributed by atoms with E-state index in [4.69, 9.17) is 30.6 Å². The van der Waals surface area contributed by atoms with Gasteiger partial charge in [0.15, 0.2) is 11.0 Å². The van der Waals surface area contributed by atoms with Gasteiger partial charge in [-0.3, -0.25) is 9.59 Å². The minimum atomic E-state index is -0.764. The second kappa shape index (κ2) is 8.79. The average molecular weight is 494 g/mol. The third-order valence-electron chi connectivity index (χ3n) is 5.06. The lowest BCUT2D eigenvalue weighted by Gasteiger charge is -2.31. The van der Waals surface area contributed by atoms with Gasteiger partial charge in [-0.25, -0.2) is 0 Å². The van der Waals surface area contributed by atoms with Gasteiger partial charge in [0, 0.05) is 11.6 Å². The van der Waals surface area contributed by atoms with Gasteiger partial charge < -0.3 is 19.0 Å². The molecule has 0 saturated heterocycles. The normalized spacial score (nSPS) is 18.2. The first kappa shape index (κ1) is 20.9. The Labute approximate surface area is 185 Å². The Kier molecular flexibility index (Phi) is 6.13. The summed E-state index contributed by atoms with van der Waals surface area (Å²) in [6.07, 6.45) is 1.09. The van der Waals surface area contributed by atoms with Gasteiger partial charge in [0.25, 0.3) is 0 Å².